The third kappa shape index (κ3) is 3.81. The van der Waals surface area contributed by atoms with Crippen molar-refractivity contribution in [2.75, 3.05) is 23.9 Å². The van der Waals surface area contributed by atoms with E-state index in [4.69, 9.17) is 6.57 Å². The fraction of sp³-hybridized carbons (Fsp3) is 0.174. The summed E-state index contributed by atoms with van der Waals surface area (Å²) in [6, 6.07) is 11.2. The molecule has 1 aliphatic rings. The summed E-state index contributed by atoms with van der Waals surface area (Å²) in [5, 5.41) is 9.50. The average molecular weight is 416 g/mol. The lowest BCUT2D eigenvalue weighted by molar-refractivity contribution is -0.121. The van der Waals surface area contributed by atoms with Gasteiger partial charge in [0.15, 0.2) is 0 Å². The molecule has 2 aromatic rings. The highest BCUT2D eigenvalue weighted by Gasteiger charge is 2.39. The number of benzene rings is 2. The molecule has 1 N–H and O–H groups in total. The molecule has 0 fully saturated rings. The van der Waals surface area contributed by atoms with Crippen molar-refractivity contribution in [3.8, 4) is 0 Å². The second-order valence-corrected chi connectivity index (χ2v) is 7.18. The Kier molecular flexibility index (Phi) is 5.70. The largest absolute Gasteiger partial charge is 0.478 e. The first-order valence-electron chi connectivity index (χ1n) is 9.33. The molecule has 0 aliphatic carbocycles. The quantitative estimate of drug-likeness (QED) is 0.607. The maximum atomic E-state index is 13.3. The number of carboxylic acids is 1. The van der Waals surface area contributed by atoms with Crippen LogP contribution in [-0.4, -0.2) is 42.7 Å². The first-order chi connectivity index (χ1) is 14.7. The van der Waals surface area contributed by atoms with E-state index in [1.807, 2.05) is 38.1 Å². The molecule has 156 valence electrons. The van der Waals surface area contributed by atoms with Crippen molar-refractivity contribution in [2.24, 2.45) is 4.99 Å². The van der Waals surface area contributed by atoms with Gasteiger partial charge in [-0.3, -0.25) is 9.59 Å². The Morgan fingerprint density at radius 3 is 2.35 bits per heavy atom. The van der Waals surface area contributed by atoms with Gasteiger partial charge >= 0.3 is 5.97 Å². The summed E-state index contributed by atoms with van der Waals surface area (Å²) < 4.78 is 0. The number of para-hydroxylation sites is 1. The molecule has 0 spiro atoms. The maximum Gasteiger partial charge on any atom is 0.337 e. The van der Waals surface area contributed by atoms with Crippen LogP contribution in [0, 0.1) is 13.5 Å². The van der Waals surface area contributed by atoms with E-state index in [0.29, 0.717) is 10.6 Å². The second kappa shape index (κ2) is 8.24. The van der Waals surface area contributed by atoms with Crippen LogP contribution in [-0.2, 0) is 9.59 Å². The zero-order valence-electron chi connectivity index (χ0n) is 17.5. The highest BCUT2D eigenvalue weighted by atomic mass is 16.4. The molecule has 0 saturated heterocycles. The monoisotopic (exact) mass is 416 g/mol. The minimum atomic E-state index is -1.29. The SMILES string of the molecule is [C-]#[N+]C1=C(C)C(=Nc2ccc(N(C)C)cc2C)C(=O)N(c2ccccc2C(=O)O)C1=O. The van der Waals surface area contributed by atoms with Crippen LogP contribution in [0.5, 0.6) is 0 Å². The molecule has 1 heterocycles. The van der Waals surface area contributed by atoms with Crippen molar-refractivity contribution < 1.29 is 19.5 Å². The molecule has 2 aromatic carbocycles. The summed E-state index contributed by atoms with van der Waals surface area (Å²) in [4.78, 5) is 48.3. The number of hydrogen-bond donors (Lipinski definition) is 1. The third-order valence-corrected chi connectivity index (χ3v) is 4.94. The van der Waals surface area contributed by atoms with Crippen molar-refractivity contribution in [3.63, 3.8) is 0 Å². The van der Waals surface area contributed by atoms with Gasteiger partial charge in [-0.25, -0.2) is 19.5 Å². The Bertz CT molecular complexity index is 1220. The Morgan fingerprint density at radius 1 is 1.10 bits per heavy atom. The number of aromatic carboxylic acids is 1. The van der Waals surface area contributed by atoms with Crippen LogP contribution >= 0.6 is 0 Å². The number of aliphatic imine (C=N–C) groups is 1. The number of rotatable bonds is 4. The molecule has 0 bridgehead atoms. The number of carbonyl (C=O) groups is 3. The van der Waals surface area contributed by atoms with Gasteiger partial charge in [0.05, 0.1) is 23.5 Å². The van der Waals surface area contributed by atoms with Crippen molar-refractivity contribution in [3.05, 3.63) is 76.3 Å². The van der Waals surface area contributed by atoms with Crippen LogP contribution in [0.25, 0.3) is 4.85 Å². The Hall–Kier alpha value is -4.25. The predicted molar refractivity (Wildman–Crippen MR) is 118 cm³/mol. The topological polar surface area (TPSA) is 94.6 Å². The van der Waals surface area contributed by atoms with Crippen LogP contribution in [0.4, 0.5) is 17.1 Å². The van der Waals surface area contributed by atoms with Crippen molar-refractivity contribution in [1.29, 1.82) is 0 Å². The zero-order valence-corrected chi connectivity index (χ0v) is 17.5. The van der Waals surface area contributed by atoms with Gasteiger partial charge in [-0.05, 0) is 55.3 Å². The molecular weight excluding hydrogens is 396 g/mol. The molecule has 0 saturated carbocycles. The lowest BCUT2D eigenvalue weighted by Crippen LogP contribution is -2.47. The van der Waals surface area contributed by atoms with Gasteiger partial charge in [0.25, 0.3) is 17.5 Å². The van der Waals surface area contributed by atoms with Gasteiger partial charge in [-0.1, -0.05) is 12.1 Å². The maximum absolute atomic E-state index is 13.3. The highest BCUT2D eigenvalue weighted by Crippen LogP contribution is 2.31. The normalized spacial score (nSPS) is 15.3. The molecule has 0 aromatic heterocycles. The van der Waals surface area contributed by atoms with Crippen molar-refractivity contribution >= 4 is 40.6 Å². The molecule has 0 radical (unpaired) electrons. The van der Waals surface area contributed by atoms with Crippen LogP contribution in [0.3, 0.4) is 0 Å². The minimum Gasteiger partial charge on any atom is -0.478 e. The Morgan fingerprint density at radius 2 is 1.77 bits per heavy atom. The summed E-state index contributed by atoms with van der Waals surface area (Å²) in [5.74, 6) is -2.94. The molecule has 0 atom stereocenters. The average Bonchev–Trinajstić information content (AvgIpc) is 2.72. The van der Waals surface area contributed by atoms with Crippen LogP contribution in [0.1, 0.15) is 22.8 Å². The van der Waals surface area contributed by atoms with Gasteiger partial charge in [0.1, 0.15) is 5.71 Å². The minimum absolute atomic E-state index is 0.0773. The molecular formula is C23H20N4O4. The van der Waals surface area contributed by atoms with E-state index in [1.165, 1.54) is 31.2 Å². The fourth-order valence-corrected chi connectivity index (χ4v) is 3.23. The van der Waals surface area contributed by atoms with Crippen LogP contribution < -0.4 is 9.80 Å². The lowest BCUT2D eigenvalue weighted by atomic mass is 10.0. The van der Waals surface area contributed by atoms with Gasteiger partial charge in [0, 0.05) is 19.8 Å². The van der Waals surface area contributed by atoms with E-state index < -0.39 is 17.8 Å². The number of imide groups is 1. The van der Waals surface area contributed by atoms with Crippen molar-refractivity contribution in [1.82, 2.24) is 0 Å². The molecule has 8 heteroatoms. The summed E-state index contributed by atoms with van der Waals surface area (Å²) in [6.45, 7) is 10.8. The van der Waals surface area contributed by atoms with Crippen LogP contribution in [0.15, 0.2) is 58.7 Å². The highest BCUT2D eigenvalue weighted by molar-refractivity contribution is 6.57. The number of aryl methyl sites for hydroxylation is 1. The molecule has 1 aliphatic heterocycles. The molecule has 8 nitrogen and oxygen atoms in total. The molecule has 2 amide bonds. The summed E-state index contributed by atoms with van der Waals surface area (Å²) in [5.41, 5.74) is 1.75. The first kappa shape index (κ1) is 21.5. The standard InChI is InChI=1S/C23H20N4O4/c1-13-12-15(26(4)5)10-11-17(13)25-20-14(2)19(24-3)21(28)27(22(20)29)18-9-7-6-8-16(18)23(30)31/h6-12H,1-2,4-5H3,(H,30,31). The van der Waals surface area contributed by atoms with E-state index in [2.05, 4.69) is 9.84 Å². The van der Waals surface area contributed by atoms with E-state index in [1.54, 1.807) is 6.07 Å². The van der Waals surface area contributed by atoms with Gasteiger partial charge < -0.3 is 10.0 Å². The van der Waals surface area contributed by atoms with Gasteiger partial charge in [0.2, 0.25) is 0 Å². The number of hydrogen-bond acceptors (Lipinski definition) is 5. The third-order valence-electron chi connectivity index (χ3n) is 4.94. The van der Waals surface area contributed by atoms with E-state index in [-0.39, 0.29) is 28.2 Å². The summed E-state index contributed by atoms with van der Waals surface area (Å²) in [7, 11) is 3.81. The Balaban J connectivity index is 2.21. The molecule has 0 unspecified atom stereocenters. The summed E-state index contributed by atoms with van der Waals surface area (Å²) in [6.07, 6.45) is 0. The first-order valence-corrected chi connectivity index (χ1v) is 9.33. The van der Waals surface area contributed by atoms with Crippen LogP contribution in [0.2, 0.25) is 0 Å². The number of amides is 2. The van der Waals surface area contributed by atoms with E-state index in [9.17, 15) is 19.5 Å². The van der Waals surface area contributed by atoms with Gasteiger partial charge in [-0.15, -0.1) is 0 Å². The predicted octanol–water partition coefficient (Wildman–Crippen LogP) is 3.60. The smallest absolute Gasteiger partial charge is 0.337 e. The number of carbonyl (C=O) groups excluding carboxylic acids is 2. The fourth-order valence-electron chi connectivity index (χ4n) is 3.23. The number of nitrogens with zero attached hydrogens (tertiary/aromatic N) is 4. The second-order valence-electron chi connectivity index (χ2n) is 7.18. The molecule has 31 heavy (non-hydrogen) atoms. The lowest BCUT2D eigenvalue weighted by Gasteiger charge is -2.28. The number of anilines is 2. The number of carboxylic acid groups (broad SMARTS) is 1. The Labute approximate surface area is 179 Å². The summed E-state index contributed by atoms with van der Waals surface area (Å²) >= 11 is 0. The van der Waals surface area contributed by atoms with Crippen molar-refractivity contribution in [2.45, 2.75) is 13.8 Å². The zero-order chi connectivity index (χ0) is 22.9. The molecule has 3 rings (SSSR count). The van der Waals surface area contributed by atoms with E-state index >= 15 is 0 Å². The van der Waals surface area contributed by atoms with Gasteiger partial charge in [-0.2, -0.15) is 0 Å². The van der Waals surface area contributed by atoms with E-state index in [0.717, 1.165) is 11.3 Å².